The summed E-state index contributed by atoms with van der Waals surface area (Å²) in [5.41, 5.74) is 2.32. The van der Waals surface area contributed by atoms with Crippen LogP contribution in [0.25, 0.3) is 0 Å². The minimum atomic E-state index is 0.166. The molecule has 0 unspecified atom stereocenters. The minimum Gasteiger partial charge on any atom is -0.347 e. The molecule has 1 aromatic rings. The largest absolute Gasteiger partial charge is 0.347 e. The normalized spacial score (nSPS) is 16.5. The third-order valence-electron chi connectivity index (χ3n) is 3.79. The van der Waals surface area contributed by atoms with Gasteiger partial charge in [0.05, 0.1) is 6.54 Å². The summed E-state index contributed by atoms with van der Waals surface area (Å²) in [5.74, 6) is 1.10. The zero-order valence-corrected chi connectivity index (χ0v) is 13.5. The first-order valence-corrected chi connectivity index (χ1v) is 7.65. The van der Waals surface area contributed by atoms with Crippen molar-refractivity contribution in [2.24, 2.45) is 0 Å². The van der Waals surface area contributed by atoms with Crippen molar-refractivity contribution < 1.29 is 4.79 Å². The quantitative estimate of drug-likeness (QED) is 0.914. The van der Waals surface area contributed by atoms with Gasteiger partial charge in [-0.25, -0.2) is 4.98 Å². The molecule has 2 rings (SSSR count). The number of hydrogen-bond acceptors (Lipinski definition) is 4. The molecule has 1 saturated heterocycles. The number of nitrogens with one attached hydrogen (secondary N) is 1. The number of amides is 1. The summed E-state index contributed by atoms with van der Waals surface area (Å²) >= 11 is 0. The first kappa shape index (κ1) is 15.8. The van der Waals surface area contributed by atoms with E-state index in [1.165, 1.54) is 5.56 Å². The molecule has 5 nitrogen and oxygen atoms in total. The second-order valence-corrected chi connectivity index (χ2v) is 6.11. The van der Waals surface area contributed by atoms with E-state index in [1.807, 2.05) is 13.2 Å². The van der Waals surface area contributed by atoms with Crippen LogP contribution in [0.2, 0.25) is 0 Å². The van der Waals surface area contributed by atoms with Gasteiger partial charge < -0.3 is 15.1 Å². The first-order chi connectivity index (χ1) is 9.97. The molecule has 0 aliphatic carbocycles. The number of aryl methyl sites for hydroxylation is 1. The molecule has 1 aromatic heterocycles. The number of rotatable bonds is 4. The molecule has 0 atom stereocenters. The molecular formula is C16H26N4O. The summed E-state index contributed by atoms with van der Waals surface area (Å²) in [5, 5.41) is 3.40. The summed E-state index contributed by atoms with van der Waals surface area (Å²) in [6.07, 6.45) is 2.90. The Hall–Kier alpha value is -1.62. The van der Waals surface area contributed by atoms with Gasteiger partial charge in [-0.1, -0.05) is 13.8 Å². The van der Waals surface area contributed by atoms with Gasteiger partial charge in [-0.2, -0.15) is 0 Å². The van der Waals surface area contributed by atoms with E-state index < -0.39 is 0 Å². The zero-order chi connectivity index (χ0) is 15.4. The second-order valence-electron chi connectivity index (χ2n) is 6.11. The van der Waals surface area contributed by atoms with E-state index >= 15 is 0 Å². The molecule has 1 N–H and O–H groups in total. The summed E-state index contributed by atoms with van der Waals surface area (Å²) in [6.45, 7) is 9.29. The highest BCUT2D eigenvalue weighted by Crippen LogP contribution is 2.19. The van der Waals surface area contributed by atoms with Gasteiger partial charge in [0.2, 0.25) is 5.91 Å². The molecule has 0 saturated carbocycles. The standard InChI is InChI=1S/C16H26N4O/c1-12(2)17-9-14-8-13(3)16(18-10-14)20-7-5-6-19(4)15(21)11-20/h8,10,12,17H,5-7,9,11H2,1-4H3. The van der Waals surface area contributed by atoms with Crippen LogP contribution >= 0.6 is 0 Å². The third kappa shape index (κ3) is 4.17. The lowest BCUT2D eigenvalue weighted by atomic mass is 10.2. The van der Waals surface area contributed by atoms with Crippen LogP contribution in [-0.4, -0.2) is 48.5 Å². The van der Waals surface area contributed by atoms with E-state index in [-0.39, 0.29) is 5.91 Å². The lowest BCUT2D eigenvalue weighted by Gasteiger charge is -2.23. The van der Waals surface area contributed by atoms with Crippen LogP contribution in [0.15, 0.2) is 12.3 Å². The number of likely N-dealkylation sites (N-methyl/N-ethyl adjacent to an activating group) is 1. The van der Waals surface area contributed by atoms with Gasteiger partial charge in [0, 0.05) is 38.9 Å². The van der Waals surface area contributed by atoms with Gasteiger partial charge in [0.25, 0.3) is 0 Å². The number of nitrogens with zero attached hydrogens (tertiary/aromatic N) is 3. The Morgan fingerprint density at radius 3 is 2.81 bits per heavy atom. The average Bonchev–Trinajstić information content (AvgIpc) is 2.59. The Morgan fingerprint density at radius 1 is 1.38 bits per heavy atom. The van der Waals surface area contributed by atoms with E-state index in [1.54, 1.807) is 4.90 Å². The topological polar surface area (TPSA) is 48.5 Å². The zero-order valence-electron chi connectivity index (χ0n) is 13.5. The number of carbonyl (C=O) groups is 1. The van der Waals surface area contributed by atoms with Crippen LogP contribution in [-0.2, 0) is 11.3 Å². The molecule has 2 heterocycles. The van der Waals surface area contributed by atoms with Crippen molar-refractivity contribution in [1.82, 2.24) is 15.2 Å². The molecule has 0 spiro atoms. The molecule has 0 radical (unpaired) electrons. The monoisotopic (exact) mass is 290 g/mol. The van der Waals surface area contributed by atoms with Crippen LogP contribution in [0.4, 0.5) is 5.82 Å². The van der Waals surface area contributed by atoms with Gasteiger partial charge in [0.1, 0.15) is 5.82 Å². The summed E-state index contributed by atoms with van der Waals surface area (Å²) in [6, 6.07) is 2.63. The Kier molecular flexibility index (Phi) is 5.17. The van der Waals surface area contributed by atoms with Crippen molar-refractivity contribution in [1.29, 1.82) is 0 Å². The molecule has 0 aromatic carbocycles. The Balaban J connectivity index is 2.11. The number of anilines is 1. The van der Waals surface area contributed by atoms with Gasteiger partial charge in [-0.3, -0.25) is 4.79 Å². The number of aromatic nitrogens is 1. The van der Waals surface area contributed by atoms with Crippen LogP contribution in [0.1, 0.15) is 31.4 Å². The second kappa shape index (κ2) is 6.89. The highest BCUT2D eigenvalue weighted by molar-refractivity contribution is 5.81. The fourth-order valence-corrected chi connectivity index (χ4v) is 2.54. The molecular weight excluding hydrogens is 264 g/mol. The highest BCUT2D eigenvalue weighted by atomic mass is 16.2. The van der Waals surface area contributed by atoms with Crippen molar-refractivity contribution >= 4 is 11.7 Å². The maximum atomic E-state index is 12.0. The molecule has 1 aliphatic heterocycles. The summed E-state index contributed by atoms with van der Waals surface area (Å²) in [4.78, 5) is 20.5. The van der Waals surface area contributed by atoms with E-state index in [4.69, 9.17) is 0 Å². The SMILES string of the molecule is Cc1cc(CNC(C)C)cnc1N1CCCN(C)C(=O)C1. The fourth-order valence-electron chi connectivity index (χ4n) is 2.54. The first-order valence-electron chi connectivity index (χ1n) is 7.65. The number of carbonyl (C=O) groups excluding carboxylic acids is 1. The fraction of sp³-hybridized carbons (Fsp3) is 0.625. The molecule has 1 aliphatic rings. The van der Waals surface area contributed by atoms with E-state index in [9.17, 15) is 4.79 Å². The smallest absolute Gasteiger partial charge is 0.241 e. The average molecular weight is 290 g/mol. The number of pyridine rings is 1. The van der Waals surface area contributed by atoms with Gasteiger partial charge in [-0.05, 0) is 30.5 Å². The Labute approximate surface area is 127 Å². The van der Waals surface area contributed by atoms with Gasteiger partial charge in [-0.15, -0.1) is 0 Å². The van der Waals surface area contributed by atoms with E-state index in [0.29, 0.717) is 12.6 Å². The van der Waals surface area contributed by atoms with Crippen molar-refractivity contribution in [3.63, 3.8) is 0 Å². The molecule has 1 fully saturated rings. The van der Waals surface area contributed by atoms with Gasteiger partial charge >= 0.3 is 0 Å². The third-order valence-corrected chi connectivity index (χ3v) is 3.79. The maximum Gasteiger partial charge on any atom is 0.241 e. The van der Waals surface area contributed by atoms with E-state index in [0.717, 1.165) is 37.4 Å². The van der Waals surface area contributed by atoms with Crippen molar-refractivity contribution in [2.45, 2.75) is 39.8 Å². The van der Waals surface area contributed by atoms with Crippen molar-refractivity contribution in [2.75, 3.05) is 31.6 Å². The van der Waals surface area contributed by atoms with Crippen LogP contribution < -0.4 is 10.2 Å². The predicted molar refractivity (Wildman–Crippen MR) is 85.4 cm³/mol. The Bertz CT molecular complexity index is 501. The molecule has 21 heavy (non-hydrogen) atoms. The molecule has 5 heteroatoms. The predicted octanol–water partition coefficient (Wildman–Crippen LogP) is 1.56. The van der Waals surface area contributed by atoms with Crippen molar-refractivity contribution in [3.8, 4) is 0 Å². The summed E-state index contributed by atoms with van der Waals surface area (Å²) < 4.78 is 0. The van der Waals surface area contributed by atoms with E-state index in [2.05, 4.69) is 42.0 Å². The summed E-state index contributed by atoms with van der Waals surface area (Å²) in [7, 11) is 1.87. The van der Waals surface area contributed by atoms with Crippen LogP contribution in [0.5, 0.6) is 0 Å². The van der Waals surface area contributed by atoms with Crippen LogP contribution in [0.3, 0.4) is 0 Å². The highest BCUT2D eigenvalue weighted by Gasteiger charge is 2.21. The number of hydrogen-bond donors (Lipinski definition) is 1. The Morgan fingerprint density at radius 2 is 2.14 bits per heavy atom. The molecule has 0 bridgehead atoms. The van der Waals surface area contributed by atoms with Gasteiger partial charge in [0.15, 0.2) is 0 Å². The lowest BCUT2D eigenvalue weighted by Crippen LogP contribution is -2.35. The molecule has 116 valence electrons. The van der Waals surface area contributed by atoms with Crippen LogP contribution in [0, 0.1) is 6.92 Å². The minimum absolute atomic E-state index is 0.166. The molecule has 1 amide bonds. The maximum absolute atomic E-state index is 12.0. The van der Waals surface area contributed by atoms with Crippen molar-refractivity contribution in [3.05, 3.63) is 23.4 Å². The lowest BCUT2D eigenvalue weighted by molar-refractivity contribution is -0.127.